The topological polar surface area (TPSA) is 24.5 Å². The average molecular weight is 343 g/mol. The monoisotopic (exact) mass is 342 g/mol. The van der Waals surface area contributed by atoms with Crippen molar-refractivity contribution in [3.05, 3.63) is 59.7 Å². The van der Waals surface area contributed by atoms with E-state index in [1.807, 2.05) is 36.2 Å². The minimum Gasteiger partial charge on any atom is -0.497 e. The molecular formula is C20H26N2OS. The molecule has 2 aromatic carbocycles. The van der Waals surface area contributed by atoms with Crippen LogP contribution in [-0.4, -0.2) is 24.2 Å². The van der Waals surface area contributed by atoms with Crippen molar-refractivity contribution in [2.75, 3.05) is 19.5 Å². The maximum Gasteiger partial charge on any atom is 0.173 e. The van der Waals surface area contributed by atoms with Gasteiger partial charge in [-0.2, -0.15) is 0 Å². The lowest BCUT2D eigenvalue weighted by Crippen LogP contribution is -2.30. The third kappa shape index (κ3) is 4.96. The van der Waals surface area contributed by atoms with Crippen molar-refractivity contribution in [2.45, 2.75) is 32.7 Å². The van der Waals surface area contributed by atoms with Crippen LogP contribution in [-0.2, 0) is 12.0 Å². The fraction of sp³-hybridized carbons (Fsp3) is 0.350. The van der Waals surface area contributed by atoms with Crippen LogP contribution in [0.2, 0.25) is 0 Å². The number of methoxy groups -OCH3 is 1. The second kappa shape index (κ2) is 7.67. The minimum atomic E-state index is 0.174. The molecule has 0 saturated heterocycles. The van der Waals surface area contributed by atoms with Gasteiger partial charge in [-0.1, -0.05) is 51.1 Å². The molecule has 24 heavy (non-hydrogen) atoms. The van der Waals surface area contributed by atoms with Gasteiger partial charge in [-0.3, -0.25) is 0 Å². The zero-order valence-corrected chi connectivity index (χ0v) is 15.9. The van der Waals surface area contributed by atoms with E-state index in [1.165, 1.54) is 11.1 Å². The predicted molar refractivity (Wildman–Crippen MR) is 106 cm³/mol. The van der Waals surface area contributed by atoms with E-state index in [-0.39, 0.29) is 5.41 Å². The van der Waals surface area contributed by atoms with Gasteiger partial charge in [0.15, 0.2) is 5.11 Å². The van der Waals surface area contributed by atoms with Gasteiger partial charge in [0.05, 0.1) is 7.11 Å². The number of anilines is 1. The molecule has 2 rings (SSSR count). The van der Waals surface area contributed by atoms with Crippen molar-refractivity contribution in [3.8, 4) is 5.75 Å². The zero-order chi connectivity index (χ0) is 17.7. The van der Waals surface area contributed by atoms with Crippen LogP contribution >= 0.6 is 12.2 Å². The van der Waals surface area contributed by atoms with Crippen LogP contribution in [0.4, 0.5) is 5.69 Å². The van der Waals surface area contributed by atoms with E-state index < -0.39 is 0 Å². The molecule has 128 valence electrons. The number of benzene rings is 2. The van der Waals surface area contributed by atoms with Gasteiger partial charge in [-0.15, -0.1) is 0 Å². The van der Waals surface area contributed by atoms with Gasteiger partial charge >= 0.3 is 0 Å². The first-order valence-corrected chi connectivity index (χ1v) is 8.46. The highest BCUT2D eigenvalue weighted by Gasteiger charge is 2.13. The predicted octanol–water partition coefficient (Wildman–Crippen LogP) is 4.82. The molecule has 0 radical (unpaired) electrons. The number of nitrogens with one attached hydrogen (secondary N) is 1. The standard InChI is InChI=1S/C20H26N2OS/c1-20(2,3)16-11-9-15(10-12-16)14-22(4)19(24)21-17-7-6-8-18(13-17)23-5/h6-13H,14H2,1-5H3,(H,21,24). The number of ether oxygens (including phenoxy) is 1. The molecule has 0 unspecified atom stereocenters. The van der Waals surface area contributed by atoms with Crippen LogP contribution in [0.5, 0.6) is 5.75 Å². The molecule has 0 spiro atoms. The summed E-state index contributed by atoms with van der Waals surface area (Å²) in [6.45, 7) is 7.43. The van der Waals surface area contributed by atoms with E-state index in [2.05, 4.69) is 50.4 Å². The van der Waals surface area contributed by atoms with E-state index in [0.717, 1.165) is 18.0 Å². The Morgan fingerprint density at radius 1 is 1.12 bits per heavy atom. The molecule has 1 N–H and O–H groups in total. The van der Waals surface area contributed by atoms with Gasteiger partial charge in [-0.05, 0) is 40.9 Å². The van der Waals surface area contributed by atoms with Crippen LogP contribution in [0.25, 0.3) is 0 Å². The summed E-state index contributed by atoms with van der Waals surface area (Å²) >= 11 is 5.50. The van der Waals surface area contributed by atoms with E-state index >= 15 is 0 Å². The highest BCUT2D eigenvalue weighted by molar-refractivity contribution is 7.80. The van der Waals surface area contributed by atoms with Crippen molar-refractivity contribution in [1.29, 1.82) is 0 Å². The number of hydrogen-bond donors (Lipinski definition) is 1. The maximum atomic E-state index is 5.50. The Balaban J connectivity index is 1.98. The fourth-order valence-electron chi connectivity index (χ4n) is 2.38. The quantitative estimate of drug-likeness (QED) is 0.805. The van der Waals surface area contributed by atoms with Crippen LogP contribution in [0.1, 0.15) is 31.9 Å². The van der Waals surface area contributed by atoms with Crippen LogP contribution < -0.4 is 10.1 Å². The van der Waals surface area contributed by atoms with Gasteiger partial charge in [0.25, 0.3) is 0 Å². The largest absolute Gasteiger partial charge is 0.497 e. The molecule has 0 fully saturated rings. The molecular weight excluding hydrogens is 316 g/mol. The number of nitrogens with zero attached hydrogens (tertiary/aromatic N) is 1. The summed E-state index contributed by atoms with van der Waals surface area (Å²) in [6.07, 6.45) is 0. The Hall–Kier alpha value is -2.07. The van der Waals surface area contributed by atoms with Crippen molar-refractivity contribution in [2.24, 2.45) is 0 Å². The van der Waals surface area contributed by atoms with E-state index in [9.17, 15) is 0 Å². The fourth-order valence-corrected chi connectivity index (χ4v) is 2.56. The minimum absolute atomic E-state index is 0.174. The second-order valence-corrected chi connectivity index (χ2v) is 7.35. The van der Waals surface area contributed by atoms with Crippen LogP contribution in [0.15, 0.2) is 48.5 Å². The number of hydrogen-bond acceptors (Lipinski definition) is 2. The smallest absolute Gasteiger partial charge is 0.173 e. The number of thiocarbonyl (C=S) groups is 1. The molecule has 0 saturated carbocycles. The summed E-state index contributed by atoms with van der Waals surface area (Å²) in [4.78, 5) is 2.03. The molecule has 2 aromatic rings. The molecule has 0 aliphatic rings. The first-order valence-electron chi connectivity index (χ1n) is 8.05. The Labute approximate surface area is 150 Å². The Morgan fingerprint density at radius 2 is 1.79 bits per heavy atom. The summed E-state index contributed by atoms with van der Waals surface area (Å²) in [7, 11) is 3.65. The lowest BCUT2D eigenvalue weighted by Gasteiger charge is -2.23. The van der Waals surface area contributed by atoms with Gasteiger partial charge in [0.1, 0.15) is 5.75 Å². The molecule has 0 aliphatic heterocycles. The zero-order valence-electron chi connectivity index (χ0n) is 15.1. The summed E-state index contributed by atoms with van der Waals surface area (Å²) < 4.78 is 5.23. The third-order valence-electron chi connectivity index (χ3n) is 3.91. The Morgan fingerprint density at radius 3 is 2.38 bits per heavy atom. The lowest BCUT2D eigenvalue weighted by atomic mass is 9.87. The van der Waals surface area contributed by atoms with E-state index in [4.69, 9.17) is 17.0 Å². The maximum absolute atomic E-state index is 5.50. The van der Waals surface area contributed by atoms with Crippen molar-refractivity contribution < 1.29 is 4.74 Å². The van der Waals surface area contributed by atoms with Crippen molar-refractivity contribution >= 4 is 23.0 Å². The van der Waals surface area contributed by atoms with Crippen molar-refractivity contribution in [1.82, 2.24) is 4.90 Å². The number of rotatable bonds is 4. The van der Waals surface area contributed by atoms with E-state index in [0.29, 0.717) is 5.11 Å². The Bertz CT molecular complexity index is 690. The lowest BCUT2D eigenvalue weighted by molar-refractivity contribution is 0.415. The average Bonchev–Trinajstić information content (AvgIpc) is 2.54. The van der Waals surface area contributed by atoms with Gasteiger partial charge in [-0.25, -0.2) is 0 Å². The molecule has 0 aromatic heterocycles. The van der Waals surface area contributed by atoms with Crippen molar-refractivity contribution in [3.63, 3.8) is 0 Å². The van der Waals surface area contributed by atoms with Crippen LogP contribution in [0.3, 0.4) is 0 Å². The van der Waals surface area contributed by atoms with E-state index in [1.54, 1.807) is 7.11 Å². The first kappa shape index (κ1) is 18.3. The normalized spacial score (nSPS) is 11.0. The van der Waals surface area contributed by atoms with Crippen LogP contribution in [0, 0.1) is 0 Å². The molecule has 0 bridgehead atoms. The second-order valence-electron chi connectivity index (χ2n) is 6.97. The van der Waals surface area contributed by atoms with Gasteiger partial charge < -0.3 is 15.0 Å². The Kier molecular flexibility index (Phi) is 5.84. The SMILES string of the molecule is COc1cccc(NC(=S)N(C)Cc2ccc(C(C)(C)C)cc2)c1. The molecule has 4 heteroatoms. The molecule has 0 atom stereocenters. The molecule has 0 heterocycles. The summed E-state index contributed by atoms with van der Waals surface area (Å²) in [6, 6.07) is 16.5. The third-order valence-corrected chi connectivity index (χ3v) is 4.32. The summed E-state index contributed by atoms with van der Waals surface area (Å²) in [5, 5.41) is 3.93. The molecule has 0 aliphatic carbocycles. The molecule has 3 nitrogen and oxygen atoms in total. The van der Waals surface area contributed by atoms with Gasteiger partial charge in [0, 0.05) is 25.3 Å². The summed E-state index contributed by atoms with van der Waals surface area (Å²) in [5.41, 5.74) is 3.67. The first-order chi connectivity index (χ1) is 11.3. The molecule has 0 amide bonds. The highest BCUT2D eigenvalue weighted by atomic mass is 32.1. The highest BCUT2D eigenvalue weighted by Crippen LogP contribution is 2.22. The summed E-state index contributed by atoms with van der Waals surface area (Å²) in [5.74, 6) is 0.809. The van der Waals surface area contributed by atoms with Gasteiger partial charge in [0.2, 0.25) is 0 Å².